The maximum atomic E-state index is 12.8. The van der Waals surface area contributed by atoms with Gasteiger partial charge >= 0.3 is 5.97 Å². The second-order valence-electron chi connectivity index (χ2n) is 7.09. The summed E-state index contributed by atoms with van der Waals surface area (Å²) in [6, 6.07) is 8.28. The van der Waals surface area contributed by atoms with E-state index in [4.69, 9.17) is 4.52 Å². The van der Waals surface area contributed by atoms with E-state index in [1.54, 1.807) is 6.07 Å². The Hall–Kier alpha value is -2.63. The molecule has 1 aromatic heterocycles. The fraction of sp³-hybridized carbons (Fsp3) is 0.389. The van der Waals surface area contributed by atoms with Crippen LogP contribution >= 0.6 is 0 Å². The van der Waals surface area contributed by atoms with Crippen molar-refractivity contribution >= 4 is 11.9 Å². The van der Waals surface area contributed by atoms with E-state index in [0.29, 0.717) is 12.2 Å². The molecule has 0 radical (unpaired) electrons. The highest BCUT2D eigenvalue weighted by Crippen LogP contribution is 2.27. The minimum atomic E-state index is -1.02. The first-order valence-corrected chi connectivity index (χ1v) is 7.85. The van der Waals surface area contributed by atoms with E-state index in [1.165, 1.54) is 4.90 Å². The lowest BCUT2D eigenvalue weighted by molar-refractivity contribution is -0.142. The zero-order chi connectivity index (χ0) is 17.5. The molecule has 0 saturated carbocycles. The Balaban J connectivity index is 1.93. The Labute approximate surface area is 140 Å². The van der Waals surface area contributed by atoms with Crippen molar-refractivity contribution in [1.82, 2.24) is 10.1 Å². The molecule has 1 aromatic carbocycles. The third-order valence-electron chi connectivity index (χ3n) is 4.26. The number of carbonyl (C=O) groups excluding carboxylic acids is 1. The minimum Gasteiger partial charge on any atom is -0.480 e. The number of hydrogen-bond acceptors (Lipinski definition) is 4. The van der Waals surface area contributed by atoms with Crippen molar-refractivity contribution in [2.75, 3.05) is 0 Å². The van der Waals surface area contributed by atoms with Crippen LogP contribution in [0.4, 0.5) is 0 Å². The van der Waals surface area contributed by atoms with E-state index in [9.17, 15) is 14.7 Å². The Morgan fingerprint density at radius 3 is 2.50 bits per heavy atom. The monoisotopic (exact) mass is 328 g/mol. The molecule has 2 heterocycles. The highest BCUT2D eigenvalue weighted by molar-refractivity contribution is 5.95. The summed E-state index contributed by atoms with van der Waals surface area (Å²) < 4.78 is 5.26. The Morgan fingerprint density at radius 1 is 1.25 bits per heavy atom. The van der Waals surface area contributed by atoms with Gasteiger partial charge in [-0.1, -0.05) is 50.2 Å². The van der Waals surface area contributed by atoms with Crippen LogP contribution in [0.25, 0.3) is 0 Å². The lowest BCUT2D eigenvalue weighted by Gasteiger charge is -2.33. The minimum absolute atomic E-state index is 0.144. The van der Waals surface area contributed by atoms with Crippen molar-refractivity contribution in [1.29, 1.82) is 0 Å². The normalized spacial score (nSPS) is 17.5. The number of carboxylic acids is 1. The second-order valence-corrected chi connectivity index (χ2v) is 7.09. The summed E-state index contributed by atoms with van der Waals surface area (Å²) in [6.45, 7) is 6.13. The first-order chi connectivity index (χ1) is 11.3. The van der Waals surface area contributed by atoms with Gasteiger partial charge in [-0.2, -0.15) is 0 Å². The molecule has 0 saturated heterocycles. The molecule has 1 amide bonds. The van der Waals surface area contributed by atoms with Crippen LogP contribution in [0.5, 0.6) is 0 Å². The largest absolute Gasteiger partial charge is 0.480 e. The molecule has 0 bridgehead atoms. The number of fused-ring (bicyclic) bond motifs is 1. The average molecular weight is 328 g/mol. The summed E-state index contributed by atoms with van der Waals surface area (Å²) in [5, 5.41) is 13.4. The Morgan fingerprint density at radius 2 is 1.92 bits per heavy atom. The van der Waals surface area contributed by atoms with Gasteiger partial charge in [-0.3, -0.25) is 4.79 Å². The maximum Gasteiger partial charge on any atom is 0.326 e. The molecule has 126 valence electrons. The quantitative estimate of drug-likeness (QED) is 0.916. The fourth-order valence-electron chi connectivity index (χ4n) is 2.83. The molecule has 1 atom stereocenters. The topological polar surface area (TPSA) is 83.6 Å². The Kier molecular flexibility index (Phi) is 3.91. The number of nitrogens with zero attached hydrogens (tertiary/aromatic N) is 2. The molecule has 1 aliphatic rings. The van der Waals surface area contributed by atoms with Crippen LogP contribution < -0.4 is 0 Å². The maximum absolute atomic E-state index is 12.8. The first kappa shape index (κ1) is 16.2. The van der Waals surface area contributed by atoms with Crippen LogP contribution in [0.2, 0.25) is 0 Å². The van der Waals surface area contributed by atoms with Crippen LogP contribution in [0.15, 0.2) is 34.9 Å². The van der Waals surface area contributed by atoms with Gasteiger partial charge in [0.05, 0.1) is 0 Å². The van der Waals surface area contributed by atoms with Crippen LogP contribution in [0.3, 0.4) is 0 Å². The summed E-state index contributed by atoms with van der Waals surface area (Å²) in [4.78, 5) is 25.8. The number of aliphatic carboxylic acids is 1. The van der Waals surface area contributed by atoms with Gasteiger partial charge in [0.2, 0.25) is 0 Å². The summed E-state index contributed by atoms with van der Waals surface area (Å²) in [5.41, 5.74) is 1.80. The smallest absolute Gasteiger partial charge is 0.326 e. The predicted octanol–water partition coefficient (Wildman–Crippen LogP) is 2.62. The highest BCUT2D eigenvalue weighted by Gasteiger charge is 2.36. The van der Waals surface area contributed by atoms with E-state index < -0.39 is 17.9 Å². The zero-order valence-corrected chi connectivity index (χ0v) is 13.9. The number of amides is 1. The van der Waals surface area contributed by atoms with Crippen LogP contribution in [0, 0.1) is 0 Å². The van der Waals surface area contributed by atoms with E-state index in [0.717, 1.165) is 11.1 Å². The lowest BCUT2D eigenvalue weighted by Crippen LogP contribution is -2.48. The van der Waals surface area contributed by atoms with Crippen molar-refractivity contribution in [2.45, 2.75) is 45.2 Å². The van der Waals surface area contributed by atoms with Crippen LogP contribution in [0.1, 0.15) is 48.1 Å². The van der Waals surface area contributed by atoms with Crippen molar-refractivity contribution in [2.24, 2.45) is 0 Å². The van der Waals surface area contributed by atoms with Gasteiger partial charge in [-0.15, -0.1) is 0 Å². The van der Waals surface area contributed by atoms with Gasteiger partial charge in [0.25, 0.3) is 5.91 Å². The van der Waals surface area contributed by atoms with E-state index >= 15 is 0 Å². The molecule has 2 aromatic rings. The molecule has 24 heavy (non-hydrogen) atoms. The molecule has 3 rings (SSSR count). The van der Waals surface area contributed by atoms with Gasteiger partial charge < -0.3 is 14.5 Å². The van der Waals surface area contributed by atoms with Crippen molar-refractivity contribution in [3.63, 3.8) is 0 Å². The fourth-order valence-corrected chi connectivity index (χ4v) is 2.83. The number of aromatic nitrogens is 1. The third kappa shape index (κ3) is 2.91. The molecule has 1 aliphatic heterocycles. The summed E-state index contributed by atoms with van der Waals surface area (Å²) in [5.74, 6) is -0.844. The standard InChI is InChI=1S/C18H20N2O4/c1-18(2,3)15-9-13(19-24-15)16(21)20-10-12-7-5-4-6-11(12)8-14(20)17(22)23/h4-7,9,14H,8,10H2,1-3H3,(H,22,23). The van der Waals surface area contributed by atoms with Gasteiger partial charge in [0.1, 0.15) is 11.8 Å². The predicted molar refractivity (Wildman–Crippen MR) is 86.6 cm³/mol. The van der Waals surface area contributed by atoms with Gasteiger partial charge in [-0.05, 0) is 11.1 Å². The van der Waals surface area contributed by atoms with E-state index in [1.807, 2.05) is 45.0 Å². The van der Waals surface area contributed by atoms with Crippen molar-refractivity contribution in [3.8, 4) is 0 Å². The number of carbonyl (C=O) groups is 2. The molecule has 0 spiro atoms. The SMILES string of the molecule is CC(C)(C)c1cc(C(=O)N2Cc3ccccc3CC2C(=O)O)no1. The second kappa shape index (κ2) is 5.78. The van der Waals surface area contributed by atoms with Gasteiger partial charge in [0, 0.05) is 24.4 Å². The summed E-state index contributed by atoms with van der Waals surface area (Å²) in [6.07, 6.45) is 0.293. The third-order valence-corrected chi connectivity index (χ3v) is 4.26. The number of benzene rings is 1. The van der Waals surface area contributed by atoms with Crippen molar-refractivity contribution in [3.05, 3.63) is 52.9 Å². The summed E-state index contributed by atoms with van der Waals surface area (Å²) >= 11 is 0. The first-order valence-electron chi connectivity index (χ1n) is 7.85. The van der Waals surface area contributed by atoms with Gasteiger partial charge in [0.15, 0.2) is 5.69 Å². The molecular formula is C18H20N2O4. The van der Waals surface area contributed by atoms with E-state index in [-0.39, 0.29) is 17.7 Å². The van der Waals surface area contributed by atoms with Crippen LogP contribution in [-0.2, 0) is 23.2 Å². The summed E-state index contributed by atoms with van der Waals surface area (Å²) in [7, 11) is 0. The molecule has 0 fully saturated rings. The Bertz CT molecular complexity index is 788. The zero-order valence-electron chi connectivity index (χ0n) is 13.9. The molecular weight excluding hydrogens is 308 g/mol. The van der Waals surface area contributed by atoms with Crippen LogP contribution in [-0.4, -0.2) is 33.1 Å². The average Bonchev–Trinajstić information content (AvgIpc) is 3.03. The highest BCUT2D eigenvalue weighted by atomic mass is 16.5. The van der Waals surface area contributed by atoms with Crippen molar-refractivity contribution < 1.29 is 19.2 Å². The van der Waals surface area contributed by atoms with E-state index in [2.05, 4.69) is 5.16 Å². The molecule has 6 heteroatoms. The molecule has 0 aliphatic carbocycles. The van der Waals surface area contributed by atoms with Gasteiger partial charge in [-0.25, -0.2) is 4.79 Å². The number of carboxylic acid groups (broad SMARTS) is 1. The molecule has 6 nitrogen and oxygen atoms in total. The molecule has 1 unspecified atom stereocenters. The number of rotatable bonds is 2. The lowest BCUT2D eigenvalue weighted by atomic mass is 9.92. The molecule has 1 N–H and O–H groups in total. The number of hydrogen-bond donors (Lipinski definition) is 1.